The van der Waals surface area contributed by atoms with Crippen molar-refractivity contribution < 1.29 is 9.90 Å². The zero-order valence-electron chi connectivity index (χ0n) is 14.5. The number of nitrogens with one attached hydrogen (secondary N) is 2. The highest BCUT2D eigenvalue weighted by atomic mass is 16.3. The van der Waals surface area contributed by atoms with Crippen molar-refractivity contribution in [2.45, 2.75) is 26.7 Å². The van der Waals surface area contributed by atoms with Gasteiger partial charge in [-0.25, -0.2) is 0 Å². The molecule has 0 fully saturated rings. The molecule has 25 heavy (non-hydrogen) atoms. The molecule has 128 valence electrons. The van der Waals surface area contributed by atoms with E-state index < -0.39 is 5.91 Å². The Morgan fingerprint density at radius 3 is 2.56 bits per heavy atom. The first-order valence-corrected chi connectivity index (χ1v) is 7.99. The van der Waals surface area contributed by atoms with Crippen LogP contribution in [0.5, 0.6) is 5.75 Å². The van der Waals surface area contributed by atoms with Crippen molar-refractivity contribution in [1.29, 1.82) is 5.26 Å². The van der Waals surface area contributed by atoms with E-state index in [1.54, 1.807) is 18.2 Å². The van der Waals surface area contributed by atoms with Gasteiger partial charge in [-0.1, -0.05) is 44.2 Å². The number of phenolic OH excluding ortho intramolecular Hbond substituents is 1. The van der Waals surface area contributed by atoms with Crippen LogP contribution in [0.2, 0.25) is 0 Å². The molecule has 0 heterocycles. The van der Waals surface area contributed by atoms with Gasteiger partial charge in [-0.2, -0.15) is 5.26 Å². The van der Waals surface area contributed by atoms with Crippen molar-refractivity contribution in [3.05, 3.63) is 65.4 Å². The lowest BCUT2D eigenvalue weighted by Crippen LogP contribution is -2.15. The van der Waals surface area contributed by atoms with E-state index >= 15 is 0 Å². The standard InChI is InChI=1S/C20H21N3O2/c1-13(2)16-8-6-7-14(3)19(16)22-12-15(11-21)20(25)23-17-9-4-5-10-18(17)24/h4-10,12-13,22,24H,1-3H3,(H,23,25)/b15-12-. The smallest absolute Gasteiger partial charge is 0.267 e. The fourth-order valence-electron chi connectivity index (χ4n) is 2.43. The number of benzene rings is 2. The second-order valence-corrected chi connectivity index (χ2v) is 5.98. The number of hydrogen-bond donors (Lipinski definition) is 3. The number of nitrogens with zero attached hydrogens (tertiary/aromatic N) is 1. The van der Waals surface area contributed by atoms with Crippen LogP contribution in [-0.2, 0) is 4.79 Å². The maximum Gasteiger partial charge on any atom is 0.267 e. The number of amides is 1. The molecule has 0 radical (unpaired) electrons. The maximum absolute atomic E-state index is 12.3. The SMILES string of the molecule is Cc1cccc(C(C)C)c1N/C=C(/C#N)C(=O)Nc1ccccc1O. The van der Waals surface area contributed by atoms with Crippen LogP contribution in [0.4, 0.5) is 11.4 Å². The van der Waals surface area contributed by atoms with Gasteiger partial charge in [0.05, 0.1) is 5.69 Å². The molecule has 0 saturated carbocycles. The highest BCUT2D eigenvalue weighted by molar-refractivity contribution is 6.07. The minimum Gasteiger partial charge on any atom is -0.506 e. The molecule has 0 spiro atoms. The molecule has 2 aromatic rings. The van der Waals surface area contributed by atoms with Crippen molar-refractivity contribution in [2.75, 3.05) is 10.6 Å². The number of rotatable bonds is 5. The van der Waals surface area contributed by atoms with Crippen molar-refractivity contribution in [3.8, 4) is 11.8 Å². The largest absolute Gasteiger partial charge is 0.506 e. The van der Waals surface area contributed by atoms with Gasteiger partial charge in [-0.3, -0.25) is 4.79 Å². The normalized spacial score (nSPS) is 11.1. The van der Waals surface area contributed by atoms with E-state index in [2.05, 4.69) is 24.5 Å². The van der Waals surface area contributed by atoms with Gasteiger partial charge in [0, 0.05) is 11.9 Å². The number of nitriles is 1. The van der Waals surface area contributed by atoms with E-state index in [9.17, 15) is 15.2 Å². The quantitative estimate of drug-likeness (QED) is 0.432. The fraction of sp³-hybridized carbons (Fsp3) is 0.200. The molecule has 3 N–H and O–H groups in total. The molecule has 0 bridgehead atoms. The van der Waals surface area contributed by atoms with E-state index in [-0.39, 0.29) is 17.0 Å². The number of carbonyl (C=O) groups is 1. The molecule has 0 aliphatic heterocycles. The Hall–Kier alpha value is -3.26. The Morgan fingerprint density at radius 2 is 1.92 bits per heavy atom. The summed E-state index contributed by atoms with van der Waals surface area (Å²) >= 11 is 0. The summed E-state index contributed by atoms with van der Waals surface area (Å²) in [6.07, 6.45) is 1.39. The first-order chi connectivity index (χ1) is 11.9. The topological polar surface area (TPSA) is 85.2 Å². The first-order valence-electron chi connectivity index (χ1n) is 7.99. The Labute approximate surface area is 147 Å². The zero-order valence-corrected chi connectivity index (χ0v) is 14.5. The molecule has 0 saturated heterocycles. The number of phenols is 1. The third-order valence-corrected chi connectivity index (χ3v) is 3.81. The Bertz CT molecular complexity index is 848. The Morgan fingerprint density at radius 1 is 1.20 bits per heavy atom. The molecule has 2 aromatic carbocycles. The fourth-order valence-corrected chi connectivity index (χ4v) is 2.43. The third-order valence-electron chi connectivity index (χ3n) is 3.81. The highest BCUT2D eigenvalue weighted by Crippen LogP contribution is 2.27. The lowest BCUT2D eigenvalue weighted by Gasteiger charge is -2.15. The summed E-state index contributed by atoms with van der Waals surface area (Å²) in [7, 11) is 0. The summed E-state index contributed by atoms with van der Waals surface area (Å²) in [6, 6.07) is 14.2. The zero-order chi connectivity index (χ0) is 18.4. The number of anilines is 2. The molecule has 0 aromatic heterocycles. The van der Waals surface area contributed by atoms with Crippen molar-refractivity contribution in [2.24, 2.45) is 0 Å². The van der Waals surface area contributed by atoms with Crippen molar-refractivity contribution in [3.63, 3.8) is 0 Å². The maximum atomic E-state index is 12.3. The van der Waals surface area contributed by atoms with E-state index in [1.807, 2.05) is 31.2 Å². The average molecular weight is 335 g/mol. The van der Waals surface area contributed by atoms with E-state index in [0.717, 1.165) is 16.8 Å². The Balaban J connectivity index is 2.23. The second kappa shape index (κ2) is 8.02. The number of aryl methyl sites for hydroxylation is 1. The summed E-state index contributed by atoms with van der Waals surface area (Å²) in [5.41, 5.74) is 3.20. The van der Waals surface area contributed by atoms with Crippen LogP contribution in [0, 0.1) is 18.3 Å². The van der Waals surface area contributed by atoms with Gasteiger partial charge >= 0.3 is 0 Å². The summed E-state index contributed by atoms with van der Waals surface area (Å²) < 4.78 is 0. The molecule has 0 aliphatic rings. The Kier molecular flexibility index (Phi) is 5.80. The second-order valence-electron chi connectivity index (χ2n) is 5.98. The predicted molar refractivity (Wildman–Crippen MR) is 99.3 cm³/mol. The van der Waals surface area contributed by atoms with Crippen LogP contribution in [0.3, 0.4) is 0 Å². The number of para-hydroxylation sites is 3. The monoisotopic (exact) mass is 335 g/mol. The molecular formula is C20H21N3O2. The average Bonchev–Trinajstić information content (AvgIpc) is 2.58. The summed E-state index contributed by atoms with van der Waals surface area (Å²) in [5.74, 6) is -0.338. The third kappa shape index (κ3) is 4.39. The van der Waals surface area contributed by atoms with Gasteiger partial charge in [0.2, 0.25) is 0 Å². The van der Waals surface area contributed by atoms with Gasteiger partial charge in [0.15, 0.2) is 0 Å². The lowest BCUT2D eigenvalue weighted by molar-refractivity contribution is -0.112. The van der Waals surface area contributed by atoms with Gasteiger partial charge in [-0.15, -0.1) is 0 Å². The number of hydrogen-bond acceptors (Lipinski definition) is 4. The lowest BCUT2D eigenvalue weighted by atomic mass is 9.98. The van der Waals surface area contributed by atoms with E-state index in [4.69, 9.17) is 0 Å². The van der Waals surface area contributed by atoms with Gasteiger partial charge in [0.1, 0.15) is 17.4 Å². The predicted octanol–water partition coefficient (Wildman–Crippen LogP) is 4.28. The first kappa shape index (κ1) is 18.1. The van der Waals surface area contributed by atoms with Crippen LogP contribution >= 0.6 is 0 Å². The van der Waals surface area contributed by atoms with Crippen LogP contribution in [-0.4, -0.2) is 11.0 Å². The number of aromatic hydroxyl groups is 1. The molecule has 5 heteroatoms. The molecule has 0 atom stereocenters. The molecular weight excluding hydrogens is 314 g/mol. The number of carbonyl (C=O) groups excluding carboxylic acids is 1. The van der Waals surface area contributed by atoms with Crippen LogP contribution < -0.4 is 10.6 Å². The van der Waals surface area contributed by atoms with Crippen LogP contribution in [0.25, 0.3) is 0 Å². The van der Waals surface area contributed by atoms with Crippen LogP contribution in [0.1, 0.15) is 30.9 Å². The summed E-state index contributed by atoms with van der Waals surface area (Å²) in [4.78, 5) is 12.3. The minimum absolute atomic E-state index is 0.0536. The molecule has 0 aliphatic carbocycles. The van der Waals surface area contributed by atoms with Crippen LogP contribution in [0.15, 0.2) is 54.2 Å². The highest BCUT2D eigenvalue weighted by Gasteiger charge is 2.13. The van der Waals surface area contributed by atoms with Crippen molar-refractivity contribution >= 4 is 17.3 Å². The van der Waals surface area contributed by atoms with E-state index in [1.165, 1.54) is 12.3 Å². The molecule has 5 nitrogen and oxygen atoms in total. The van der Waals surface area contributed by atoms with Gasteiger partial charge in [-0.05, 0) is 36.1 Å². The molecule has 0 unspecified atom stereocenters. The van der Waals surface area contributed by atoms with Gasteiger partial charge < -0.3 is 15.7 Å². The van der Waals surface area contributed by atoms with Crippen molar-refractivity contribution in [1.82, 2.24) is 0 Å². The summed E-state index contributed by atoms with van der Waals surface area (Å²) in [5, 5.41) is 24.6. The van der Waals surface area contributed by atoms with Gasteiger partial charge in [0.25, 0.3) is 5.91 Å². The minimum atomic E-state index is -0.587. The molecule has 1 amide bonds. The van der Waals surface area contributed by atoms with E-state index in [0.29, 0.717) is 5.92 Å². The summed E-state index contributed by atoms with van der Waals surface area (Å²) in [6.45, 7) is 6.13. The molecule has 2 rings (SSSR count).